The van der Waals surface area contributed by atoms with Gasteiger partial charge in [0.15, 0.2) is 0 Å². The first-order chi connectivity index (χ1) is 12.2. The van der Waals surface area contributed by atoms with E-state index < -0.39 is 0 Å². The van der Waals surface area contributed by atoms with Gasteiger partial charge in [-0.2, -0.15) is 0 Å². The molecule has 0 saturated heterocycles. The molecule has 124 valence electrons. The van der Waals surface area contributed by atoms with E-state index in [1.54, 1.807) is 6.92 Å². The molecule has 3 aromatic rings. The lowest BCUT2D eigenvalue weighted by atomic mass is 9.93. The molecular formula is C22H20N2O. The Morgan fingerprint density at radius 2 is 1.72 bits per heavy atom. The quantitative estimate of drug-likeness (QED) is 0.663. The number of benzene rings is 2. The first-order valence-corrected chi connectivity index (χ1v) is 8.61. The molecule has 2 heterocycles. The van der Waals surface area contributed by atoms with Crippen molar-refractivity contribution in [2.24, 2.45) is 0 Å². The minimum atomic E-state index is 0.0779. The van der Waals surface area contributed by atoms with Gasteiger partial charge in [0, 0.05) is 24.4 Å². The van der Waals surface area contributed by atoms with Crippen molar-refractivity contribution in [3.63, 3.8) is 0 Å². The molecule has 1 aromatic heterocycles. The number of nitrogens with zero attached hydrogens (tertiary/aromatic N) is 2. The van der Waals surface area contributed by atoms with E-state index in [1.807, 2.05) is 47.5 Å². The van der Waals surface area contributed by atoms with Gasteiger partial charge in [0.05, 0.1) is 12.2 Å². The summed E-state index contributed by atoms with van der Waals surface area (Å²) in [7, 11) is 0. The lowest BCUT2D eigenvalue weighted by Crippen LogP contribution is -2.30. The molecule has 0 saturated carbocycles. The maximum Gasteiger partial charge on any atom is 0.224 e. The van der Waals surface area contributed by atoms with Crippen LogP contribution in [0.5, 0.6) is 0 Å². The molecule has 4 rings (SSSR count). The fourth-order valence-corrected chi connectivity index (χ4v) is 3.50. The van der Waals surface area contributed by atoms with E-state index in [4.69, 9.17) is 0 Å². The number of hydrogen-bond acceptors (Lipinski definition) is 2. The third-order valence-corrected chi connectivity index (χ3v) is 4.82. The lowest BCUT2D eigenvalue weighted by Gasteiger charge is -2.28. The number of amides is 1. The number of aromatic nitrogens is 1. The first kappa shape index (κ1) is 15.6. The van der Waals surface area contributed by atoms with Crippen LogP contribution in [0.3, 0.4) is 0 Å². The number of anilines is 1. The molecule has 0 spiro atoms. The summed E-state index contributed by atoms with van der Waals surface area (Å²) in [4.78, 5) is 18.6. The molecular weight excluding hydrogens is 308 g/mol. The Bertz CT molecular complexity index is 918. The highest BCUT2D eigenvalue weighted by atomic mass is 16.2. The highest BCUT2D eigenvalue weighted by Gasteiger charge is 2.20. The molecule has 0 unspecified atom stereocenters. The van der Waals surface area contributed by atoms with Crippen molar-refractivity contribution in [3.05, 3.63) is 83.6 Å². The van der Waals surface area contributed by atoms with Gasteiger partial charge in [-0.3, -0.25) is 9.78 Å². The zero-order chi connectivity index (χ0) is 17.2. The fourth-order valence-electron chi connectivity index (χ4n) is 3.50. The van der Waals surface area contributed by atoms with Gasteiger partial charge in [0.1, 0.15) is 0 Å². The topological polar surface area (TPSA) is 33.2 Å². The Morgan fingerprint density at radius 3 is 2.52 bits per heavy atom. The molecule has 0 bridgehead atoms. The van der Waals surface area contributed by atoms with Crippen LogP contribution < -0.4 is 4.90 Å². The zero-order valence-electron chi connectivity index (χ0n) is 14.3. The van der Waals surface area contributed by atoms with Crippen molar-refractivity contribution in [1.82, 2.24) is 4.98 Å². The Kier molecular flexibility index (Phi) is 4.06. The maximum absolute atomic E-state index is 12.2. The van der Waals surface area contributed by atoms with Gasteiger partial charge >= 0.3 is 0 Å². The molecule has 1 amide bonds. The summed E-state index contributed by atoms with van der Waals surface area (Å²) >= 11 is 0. The Morgan fingerprint density at radius 1 is 0.920 bits per heavy atom. The van der Waals surface area contributed by atoms with Gasteiger partial charge in [-0.15, -0.1) is 0 Å². The van der Waals surface area contributed by atoms with E-state index in [1.165, 1.54) is 16.7 Å². The predicted molar refractivity (Wildman–Crippen MR) is 100 cm³/mol. The minimum Gasteiger partial charge on any atom is -0.308 e. The summed E-state index contributed by atoms with van der Waals surface area (Å²) in [6.07, 6.45) is 3.72. The number of rotatable bonds is 1. The standard InChI is InChI=1S/C22H20N2O/c1-16(25)24-15-20-12-11-19(21-7-4-5-13-23-21)14-18(20)10-9-17-6-2-3-8-22(17)24/h2-8,11-14H,9-10,15H2,1H3. The monoisotopic (exact) mass is 328 g/mol. The summed E-state index contributed by atoms with van der Waals surface area (Å²) in [6.45, 7) is 2.25. The average Bonchev–Trinajstić information content (AvgIpc) is 2.64. The minimum absolute atomic E-state index is 0.0779. The van der Waals surface area contributed by atoms with E-state index in [2.05, 4.69) is 29.2 Å². The fraction of sp³-hybridized carbons (Fsp3) is 0.182. The second-order valence-electron chi connectivity index (χ2n) is 6.43. The van der Waals surface area contributed by atoms with Crippen molar-refractivity contribution < 1.29 is 4.79 Å². The number of aryl methyl sites for hydroxylation is 2. The van der Waals surface area contributed by atoms with Crippen LogP contribution in [0.15, 0.2) is 66.9 Å². The third-order valence-electron chi connectivity index (χ3n) is 4.82. The SMILES string of the molecule is CC(=O)N1Cc2ccc(-c3ccccn3)cc2CCc2ccccc21. The van der Waals surface area contributed by atoms with E-state index >= 15 is 0 Å². The van der Waals surface area contributed by atoms with E-state index in [0.29, 0.717) is 6.54 Å². The van der Waals surface area contributed by atoms with Crippen molar-refractivity contribution in [2.45, 2.75) is 26.3 Å². The molecule has 0 atom stereocenters. The number of para-hydroxylation sites is 1. The van der Waals surface area contributed by atoms with Crippen LogP contribution in [0.25, 0.3) is 11.3 Å². The van der Waals surface area contributed by atoms with Gasteiger partial charge in [-0.1, -0.05) is 36.4 Å². The molecule has 0 N–H and O–H groups in total. The number of pyridine rings is 1. The second kappa shape index (κ2) is 6.52. The molecule has 1 aliphatic rings. The van der Waals surface area contributed by atoms with Gasteiger partial charge in [0.25, 0.3) is 0 Å². The Hall–Kier alpha value is -2.94. The van der Waals surface area contributed by atoms with Crippen molar-refractivity contribution >= 4 is 11.6 Å². The molecule has 1 aliphatic heterocycles. The Balaban J connectivity index is 1.76. The summed E-state index contributed by atoms with van der Waals surface area (Å²) in [5.74, 6) is 0.0779. The van der Waals surface area contributed by atoms with E-state index in [-0.39, 0.29) is 5.91 Å². The summed E-state index contributed by atoms with van der Waals surface area (Å²) in [5, 5.41) is 0. The molecule has 0 aliphatic carbocycles. The highest BCUT2D eigenvalue weighted by Crippen LogP contribution is 2.30. The van der Waals surface area contributed by atoms with Gasteiger partial charge < -0.3 is 4.90 Å². The van der Waals surface area contributed by atoms with Crippen LogP contribution in [-0.4, -0.2) is 10.9 Å². The molecule has 3 nitrogen and oxygen atoms in total. The molecule has 25 heavy (non-hydrogen) atoms. The van der Waals surface area contributed by atoms with Crippen LogP contribution in [0.2, 0.25) is 0 Å². The van der Waals surface area contributed by atoms with Gasteiger partial charge in [-0.25, -0.2) is 0 Å². The smallest absolute Gasteiger partial charge is 0.224 e. The van der Waals surface area contributed by atoms with Crippen LogP contribution in [0.4, 0.5) is 5.69 Å². The predicted octanol–water partition coefficient (Wildman–Crippen LogP) is 4.40. The first-order valence-electron chi connectivity index (χ1n) is 8.61. The maximum atomic E-state index is 12.2. The lowest BCUT2D eigenvalue weighted by molar-refractivity contribution is -0.116. The van der Waals surface area contributed by atoms with Crippen LogP contribution in [0, 0.1) is 0 Å². The van der Waals surface area contributed by atoms with Crippen LogP contribution in [-0.2, 0) is 24.2 Å². The normalized spacial score (nSPS) is 13.4. The highest BCUT2D eigenvalue weighted by molar-refractivity contribution is 5.92. The van der Waals surface area contributed by atoms with Gasteiger partial charge in [0.2, 0.25) is 5.91 Å². The third kappa shape index (κ3) is 3.05. The van der Waals surface area contributed by atoms with E-state index in [9.17, 15) is 4.79 Å². The van der Waals surface area contributed by atoms with E-state index in [0.717, 1.165) is 29.8 Å². The van der Waals surface area contributed by atoms with Gasteiger partial charge in [-0.05, 0) is 53.8 Å². The summed E-state index contributed by atoms with van der Waals surface area (Å²) < 4.78 is 0. The molecule has 3 heteroatoms. The van der Waals surface area contributed by atoms with Crippen molar-refractivity contribution in [1.29, 1.82) is 0 Å². The molecule has 0 fully saturated rings. The second-order valence-corrected chi connectivity index (χ2v) is 6.43. The average molecular weight is 328 g/mol. The van der Waals surface area contributed by atoms with Crippen LogP contribution >= 0.6 is 0 Å². The number of hydrogen-bond donors (Lipinski definition) is 0. The number of carbonyl (C=O) groups is 1. The van der Waals surface area contributed by atoms with Crippen LogP contribution in [0.1, 0.15) is 23.6 Å². The summed E-state index contributed by atoms with van der Waals surface area (Å²) in [5.41, 5.74) is 6.88. The molecule has 2 aromatic carbocycles. The zero-order valence-corrected chi connectivity index (χ0v) is 14.3. The van der Waals surface area contributed by atoms with Crippen molar-refractivity contribution in [2.75, 3.05) is 4.90 Å². The number of carbonyl (C=O) groups excluding carboxylic acids is 1. The Labute approximate surface area is 148 Å². The largest absolute Gasteiger partial charge is 0.308 e. The number of fused-ring (bicyclic) bond motifs is 2. The summed E-state index contributed by atoms with van der Waals surface area (Å²) in [6, 6.07) is 20.7. The molecule has 0 radical (unpaired) electrons. The van der Waals surface area contributed by atoms with Crippen molar-refractivity contribution in [3.8, 4) is 11.3 Å².